The molecule has 3 aromatic heterocycles. The van der Waals surface area contributed by atoms with E-state index < -0.39 is 0 Å². The average Bonchev–Trinajstić information content (AvgIpc) is 3.19. The molecule has 0 atom stereocenters. The number of aromatic nitrogens is 5. The van der Waals surface area contributed by atoms with E-state index in [0.717, 1.165) is 30.5 Å². The third-order valence-corrected chi connectivity index (χ3v) is 4.20. The summed E-state index contributed by atoms with van der Waals surface area (Å²) in [5.74, 6) is 1.83. The SMILES string of the molecule is c1csc(-c2ccn(Cc3nnc4n3CCOC4)n2)c1. The molecule has 0 amide bonds. The molecule has 1 aliphatic heterocycles. The quantitative estimate of drug-likeness (QED) is 0.737. The Hall–Kier alpha value is -1.99. The molecule has 6 nitrogen and oxygen atoms in total. The van der Waals surface area contributed by atoms with E-state index in [4.69, 9.17) is 4.74 Å². The van der Waals surface area contributed by atoms with Crippen molar-refractivity contribution in [3.05, 3.63) is 41.4 Å². The Morgan fingerprint density at radius 2 is 2.30 bits per heavy atom. The Morgan fingerprint density at radius 3 is 3.20 bits per heavy atom. The van der Waals surface area contributed by atoms with E-state index in [1.807, 2.05) is 23.0 Å². The summed E-state index contributed by atoms with van der Waals surface area (Å²) in [6.07, 6.45) is 1.98. The lowest BCUT2D eigenvalue weighted by atomic mass is 10.3. The maximum Gasteiger partial charge on any atom is 0.159 e. The van der Waals surface area contributed by atoms with E-state index in [2.05, 4.69) is 31.3 Å². The van der Waals surface area contributed by atoms with Crippen LogP contribution in [0, 0.1) is 0 Å². The molecule has 1 aliphatic rings. The van der Waals surface area contributed by atoms with Gasteiger partial charge in [0.1, 0.15) is 18.8 Å². The molecule has 102 valence electrons. The first-order chi connectivity index (χ1) is 9.90. The molecule has 20 heavy (non-hydrogen) atoms. The summed E-state index contributed by atoms with van der Waals surface area (Å²) in [4.78, 5) is 1.18. The molecule has 0 N–H and O–H groups in total. The smallest absolute Gasteiger partial charge is 0.159 e. The average molecular weight is 287 g/mol. The Bertz CT molecular complexity index is 715. The summed E-state index contributed by atoms with van der Waals surface area (Å²) in [5.41, 5.74) is 1.00. The first-order valence-corrected chi connectivity index (χ1v) is 7.34. The molecule has 0 spiro atoms. The fourth-order valence-electron chi connectivity index (χ4n) is 2.32. The van der Waals surface area contributed by atoms with Crippen molar-refractivity contribution in [1.82, 2.24) is 24.5 Å². The lowest BCUT2D eigenvalue weighted by Gasteiger charge is -2.15. The topological polar surface area (TPSA) is 57.8 Å². The van der Waals surface area contributed by atoms with Crippen molar-refractivity contribution in [2.75, 3.05) is 6.61 Å². The number of thiophene rings is 1. The van der Waals surface area contributed by atoms with Crippen molar-refractivity contribution >= 4 is 11.3 Å². The molecule has 0 radical (unpaired) electrons. The summed E-state index contributed by atoms with van der Waals surface area (Å²) in [7, 11) is 0. The fraction of sp³-hybridized carbons (Fsp3) is 0.308. The molecule has 0 unspecified atom stereocenters. The van der Waals surface area contributed by atoms with Crippen molar-refractivity contribution in [3.63, 3.8) is 0 Å². The van der Waals surface area contributed by atoms with Crippen LogP contribution in [-0.4, -0.2) is 31.2 Å². The summed E-state index contributed by atoms with van der Waals surface area (Å²) in [5, 5.41) is 15.0. The number of hydrogen-bond donors (Lipinski definition) is 0. The number of nitrogens with zero attached hydrogens (tertiary/aromatic N) is 5. The molecule has 0 fully saturated rings. The van der Waals surface area contributed by atoms with Crippen LogP contribution in [0.2, 0.25) is 0 Å². The van der Waals surface area contributed by atoms with E-state index in [1.54, 1.807) is 11.3 Å². The highest BCUT2D eigenvalue weighted by atomic mass is 32.1. The normalized spacial score (nSPS) is 14.4. The molecule has 7 heteroatoms. The first-order valence-electron chi connectivity index (χ1n) is 6.46. The van der Waals surface area contributed by atoms with Crippen LogP contribution in [0.15, 0.2) is 29.8 Å². The first kappa shape index (κ1) is 11.8. The second kappa shape index (κ2) is 4.84. The van der Waals surface area contributed by atoms with Crippen LogP contribution in [0.3, 0.4) is 0 Å². The molecule has 4 heterocycles. The summed E-state index contributed by atoms with van der Waals surface area (Å²) in [6.45, 7) is 2.72. The zero-order valence-electron chi connectivity index (χ0n) is 10.8. The highest BCUT2D eigenvalue weighted by Gasteiger charge is 2.16. The van der Waals surface area contributed by atoms with Gasteiger partial charge in [0.25, 0.3) is 0 Å². The van der Waals surface area contributed by atoms with Crippen molar-refractivity contribution in [2.45, 2.75) is 19.7 Å². The van der Waals surface area contributed by atoms with E-state index >= 15 is 0 Å². The molecule has 0 aromatic carbocycles. The van der Waals surface area contributed by atoms with Crippen molar-refractivity contribution in [1.29, 1.82) is 0 Å². The van der Waals surface area contributed by atoms with Crippen molar-refractivity contribution < 1.29 is 4.74 Å². The van der Waals surface area contributed by atoms with Gasteiger partial charge in [0, 0.05) is 12.7 Å². The van der Waals surface area contributed by atoms with Crippen LogP contribution in [0.25, 0.3) is 10.6 Å². The van der Waals surface area contributed by atoms with Crippen LogP contribution in [0.4, 0.5) is 0 Å². The van der Waals surface area contributed by atoms with Crippen LogP contribution in [0.1, 0.15) is 11.6 Å². The van der Waals surface area contributed by atoms with E-state index in [9.17, 15) is 0 Å². The third kappa shape index (κ3) is 2.04. The van der Waals surface area contributed by atoms with E-state index in [1.165, 1.54) is 4.88 Å². The maximum absolute atomic E-state index is 5.37. The number of rotatable bonds is 3. The van der Waals surface area contributed by atoms with Gasteiger partial charge in [-0.3, -0.25) is 4.68 Å². The predicted molar refractivity (Wildman–Crippen MR) is 74.3 cm³/mol. The Balaban J connectivity index is 1.59. The third-order valence-electron chi connectivity index (χ3n) is 3.31. The van der Waals surface area contributed by atoms with E-state index in [0.29, 0.717) is 13.2 Å². The zero-order valence-corrected chi connectivity index (χ0v) is 11.6. The van der Waals surface area contributed by atoms with Crippen LogP contribution in [-0.2, 0) is 24.4 Å². The standard InChI is InChI=1S/C13H13N5OS/c1-2-11(20-7-1)10-3-4-17(16-10)8-12-14-15-13-9-19-6-5-18(12)13/h1-4,7H,5-6,8-9H2. The summed E-state index contributed by atoms with van der Waals surface area (Å²) in [6, 6.07) is 6.14. The monoisotopic (exact) mass is 287 g/mol. The molecular weight excluding hydrogens is 274 g/mol. The molecule has 3 aromatic rings. The molecule has 0 bridgehead atoms. The minimum atomic E-state index is 0.548. The van der Waals surface area contributed by atoms with Gasteiger partial charge in [-0.2, -0.15) is 5.10 Å². The molecular formula is C13H13N5OS. The van der Waals surface area contributed by atoms with Gasteiger partial charge in [-0.05, 0) is 17.5 Å². The van der Waals surface area contributed by atoms with Gasteiger partial charge in [0.2, 0.25) is 0 Å². The van der Waals surface area contributed by atoms with Gasteiger partial charge >= 0.3 is 0 Å². The zero-order chi connectivity index (χ0) is 13.4. The summed E-state index contributed by atoms with van der Waals surface area (Å²) >= 11 is 1.69. The second-order valence-electron chi connectivity index (χ2n) is 4.61. The minimum absolute atomic E-state index is 0.548. The molecule has 0 saturated carbocycles. The summed E-state index contributed by atoms with van der Waals surface area (Å²) < 4.78 is 9.39. The van der Waals surface area contributed by atoms with E-state index in [-0.39, 0.29) is 0 Å². The second-order valence-corrected chi connectivity index (χ2v) is 5.56. The van der Waals surface area contributed by atoms with Crippen LogP contribution >= 0.6 is 11.3 Å². The Kier molecular flexibility index (Phi) is 2.86. The predicted octanol–water partition coefficient (Wildman–Crippen LogP) is 1.78. The molecule has 4 rings (SSSR count). The lowest BCUT2D eigenvalue weighted by molar-refractivity contribution is 0.0805. The Labute approximate surface area is 119 Å². The van der Waals surface area contributed by atoms with Crippen LogP contribution < -0.4 is 0 Å². The fourth-order valence-corrected chi connectivity index (χ4v) is 3.01. The lowest BCUT2D eigenvalue weighted by Crippen LogP contribution is -2.19. The van der Waals surface area contributed by atoms with Gasteiger partial charge < -0.3 is 9.30 Å². The van der Waals surface area contributed by atoms with Crippen LogP contribution in [0.5, 0.6) is 0 Å². The van der Waals surface area contributed by atoms with Gasteiger partial charge in [-0.25, -0.2) is 0 Å². The minimum Gasteiger partial charge on any atom is -0.372 e. The number of hydrogen-bond acceptors (Lipinski definition) is 5. The van der Waals surface area contributed by atoms with Gasteiger partial charge in [0.15, 0.2) is 11.6 Å². The van der Waals surface area contributed by atoms with Crippen molar-refractivity contribution in [2.24, 2.45) is 0 Å². The highest BCUT2D eigenvalue weighted by Crippen LogP contribution is 2.22. The molecule has 0 saturated heterocycles. The van der Waals surface area contributed by atoms with Gasteiger partial charge in [0.05, 0.1) is 11.5 Å². The van der Waals surface area contributed by atoms with Crippen molar-refractivity contribution in [3.8, 4) is 10.6 Å². The maximum atomic E-state index is 5.37. The number of ether oxygens (including phenoxy) is 1. The largest absolute Gasteiger partial charge is 0.372 e. The Morgan fingerprint density at radius 1 is 1.30 bits per heavy atom. The molecule has 0 aliphatic carbocycles. The number of fused-ring (bicyclic) bond motifs is 1. The van der Waals surface area contributed by atoms with Gasteiger partial charge in [-0.15, -0.1) is 21.5 Å². The highest BCUT2D eigenvalue weighted by molar-refractivity contribution is 7.13. The van der Waals surface area contributed by atoms with Gasteiger partial charge in [-0.1, -0.05) is 6.07 Å².